The van der Waals surface area contributed by atoms with Crippen LogP contribution in [0.3, 0.4) is 0 Å². The van der Waals surface area contributed by atoms with Crippen molar-refractivity contribution in [3.8, 4) is 0 Å². The van der Waals surface area contributed by atoms with E-state index in [4.69, 9.17) is 5.73 Å². The zero-order valence-electron chi connectivity index (χ0n) is 10.8. The van der Waals surface area contributed by atoms with Gasteiger partial charge in [0.25, 0.3) is 0 Å². The molecule has 3 heteroatoms. The van der Waals surface area contributed by atoms with Gasteiger partial charge >= 0.3 is 0 Å². The predicted molar refractivity (Wildman–Crippen MR) is 77.0 cm³/mol. The van der Waals surface area contributed by atoms with Gasteiger partial charge in [0, 0.05) is 25.4 Å². The number of allylic oxidation sites excluding steroid dienone is 1. The van der Waals surface area contributed by atoms with Gasteiger partial charge in [-0.3, -0.25) is 4.79 Å². The average Bonchev–Trinajstić information content (AvgIpc) is 2.38. The Morgan fingerprint density at radius 1 is 1.39 bits per heavy atom. The van der Waals surface area contributed by atoms with E-state index in [1.165, 1.54) is 0 Å². The summed E-state index contributed by atoms with van der Waals surface area (Å²) in [6.07, 6.45) is 7.12. The van der Waals surface area contributed by atoms with Gasteiger partial charge in [0.15, 0.2) is 0 Å². The van der Waals surface area contributed by atoms with E-state index in [9.17, 15) is 4.79 Å². The molecule has 0 heterocycles. The Hall–Kier alpha value is -2.03. The van der Waals surface area contributed by atoms with Crippen LogP contribution in [0.5, 0.6) is 0 Å². The number of nitrogen functional groups attached to an aromatic ring is 1. The number of carbonyl (C=O) groups is 1. The molecule has 1 amide bonds. The van der Waals surface area contributed by atoms with Crippen LogP contribution in [0, 0.1) is 0 Å². The van der Waals surface area contributed by atoms with Crippen molar-refractivity contribution in [3.05, 3.63) is 48.6 Å². The van der Waals surface area contributed by atoms with E-state index >= 15 is 0 Å². The van der Waals surface area contributed by atoms with E-state index in [1.807, 2.05) is 30.3 Å². The summed E-state index contributed by atoms with van der Waals surface area (Å²) in [5.74, 6) is 0.0101. The first kappa shape index (κ1) is 14.0. The highest BCUT2D eigenvalue weighted by Crippen LogP contribution is 2.07. The molecule has 0 aliphatic heterocycles. The highest BCUT2D eigenvalue weighted by Gasteiger charge is 2.03. The molecule has 0 aliphatic carbocycles. The van der Waals surface area contributed by atoms with Gasteiger partial charge in [0.05, 0.1) is 0 Å². The maximum Gasteiger partial charge on any atom is 0.246 e. The Balaban J connectivity index is 2.47. The lowest BCUT2D eigenvalue weighted by atomic mass is 10.2. The van der Waals surface area contributed by atoms with E-state index in [0.29, 0.717) is 0 Å². The van der Waals surface area contributed by atoms with Crippen molar-refractivity contribution in [2.75, 3.05) is 19.3 Å². The van der Waals surface area contributed by atoms with Crippen molar-refractivity contribution in [1.29, 1.82) is 0 Å². The van der Waals surface area contributed by atoms with Crippen LogP contribution >= 0.6 is 0 Å². The number of benzene rings is 1. The van der Waals surface area contributed by atoms with Gasteiger partial charge < -0.3 is 10.6 Å². The number of likely N-dealkylation sites (N-methyl/N-ethyl adjacent to an activating group) is 1. The van der Waals surface area contributed by atoms with E-state index in [-0.39, 0.29) is 5.91 Å². The number of amides is 1. The molecule has 0 atom stereocenters. The lowest BCUT2D eigenvalue weighted by Crippen LogP contribution is -2.25. The average molecular weight is 244 g/mol. The van der Waals surface area contributed by atoms with Crippen LogP contribution in [0.2, 0.25) is 0 Å². The number of rotatable bonds is 6. The quantitative estimate of drug-likeness (QED) is 0.362. The molecule has 0 radical (unpaired) electrons. The highest BCUT2D eigenvalue weighted by molar-refractivity contribution is 5.91. The Kier molecular flexibility index (Phi) is 5.71. The lowest BCUT2D eigenvalue weighted by Gasteiger charge is -2.14. The fourth-order valence-electron chi connectivity index (χ4n) is 1.48. The van der Waals surface area contributed by atoms with Gasteiger partial charge in [0.1, 0.15) is 0 Å². The summed E-state index contributed by atoms with van der Waals surface area (Å²) in [6, 6.07) is 7.41. The van der Waals surface area contributed by atoms with Crippen LogP contribution in [-0.4, -0.2) is 24.4 Å². The summed E-state index contributed by atoms with van der Waals surface area (Å²) in [4.78, 5) is 13.5. The Morgan fingerprint density at radius 3 is 2.67 bits per heavy atom. The smallest absolute Gasteiger partial charge is 0.246 e. The van der Waals surface area contributed by atoms with E-state index in [2.05, 4.69) is 6.58 Å². The summed E-state index contributed by atoms with van der Waals surface area (Å²) in [5, 5.41) is 0. The Bertz CT molecular complexity index is 421. The van der Waals surface area contributed by atoms with E-state index in [1.54, 1.807) is 24.1 Å². The summed E-state index contributed by atoms with van der Waals surface area (Å²) >= 11 is 0. The molecular formula is C15H20N2O. The van der Waals surface area contributed by atoms with Gasteiger partial charge in [0.2, 0.25) is 5.91 Å². The molecule has 2 N–H and O–H groups in total. The van der Waals surface area contributed by atoms with Gasteiger partial charge in [-0.15, -0.1) is 6.58 Å². The second-order valence-corrected chi connectivity index (χ2v) is 4.19. The van der Waals surface area contributed by atoms with Gasteiger partial charge in [-0.25, -0.2) is 0 Å². The fraction of sp³-hybridized carbons (Fsp3) is 0.267. The van der Waals surface area contributed by atoms with Crippen LogP contribution in [0.15, 0.2) is 43.0 Å². The fourth-order valence-corrected chi connectivity index (χ4v) is 1.48. The van der Waals surface area contributed by atoms with Crippen LogP contribution in [0.4, 0.5) is 5.69 Å². The standard InChI is InChI=1S/C15H20N2O/c1-3-4-5-12-17(2)15(18)11-8-13-6-9-14(16)10-7-13/h3,6-11H,1,4-5,12,16H2,2H3/b11-8+. The third kappa shape index (κ3) is 4.87. The minimum atomic E-state index is 0.0101. The molecule has 0 fully saturated rings. The molecule has 18 heavy (non-hydrogen) atoms. The van der Waals surface area contributed by atoms with E-state index < -0.39 is 0 Å². The molecule has 0 aliphatic rings. The zero-order chi connectivity index (χ0) is 13.4. The number of hydrogen-bond acceptors (Lipinski definition) is 2. The maximum atomic E-state index is 11.8. The zero-order valence-corrected chi connectivity index (χ0v) is 10.8. The van der Waals surface area contributed by atoms with Crippen LogP contribution in [-0.2, 0) is 4.79 Å². The van der Waals surface area contributed by atoms with Crippen molar-refractivity contribution in [1.82, 2.24) is 4.90 Å². The Labute approximate surface area is 109 Å². The van der Waals surface area contributed by atoms with Crippen molar-refractivity contribution in [3.63, 3.8) is 0 Å². The van der Waals surface area contributed by atoms with Crippen molar-refractivity contribution < 1.29 is 4.79 Å². The monoisotopic (exact) mass is 244 g/mol. The lowest BCUT2D eigenvalue weighted by molar-refractivity contribution is -0.124. The molecule has 1 rings (SSSR count). The number of nitrogens with two attached hydrogens (primary N) is 1. The maximum absolute atomic E-state index is 11.8. The molecular weight excluding hydrogens is 224 g/mol. The number of nitrogens with zero attached hydrogens (tertiary/aromatic N) is 1. The van der Waals surface area contributed by atoms with Crippen molar-refractivity contribution in [2.45, 2.75) is 12.8 Å². The summed E-state index contributed by atoms with van der Waals surface area (Å²) < 4.78 is 0. The first-order valence-corrected chi connectivity index (χ1v) is 6.03. The first-order chi connectivity index (χ1) is 8.63. The normalized spacial score (nSPS) is 10.5. The summed E-state index contributed by atoms with van der Waals surface area (Å²) in [6.45, 7) is 4.40. The Morgan fingerprint density at radius 2 is 2.06 bits per heavy atom. The molecule has 0 bridgehead atoms. The second-order valence-electron chi connectivity index (χ2n) is 4.19. The summed E-state index contributed by atoms with van der Waals surface area (Å²) in [7, 11) is 1.80. The number of hydrogen-bond donors (Lipinski definition) is 1. The molecule has 3 nitrogen and oxygen atoms in total. The first-order valence-electron chi connectivity index (χ1n) is 6.03. The molecule has 1 aromatic carbocycles. The van der Waals surface area contributed by atoms with Crippen LogP contribution in [0.1, 0.15) is 18.4 Å². The molecule has 0 spiro atoms. The number of carbonyl (C=O) groups excluding carboxylic acids is 1. The molecule has 0 saturated heterocycles. The largest absolute Gasteiger partial charge is 0.399 e. The minimum absolute atomic E-state index is 0.0101. The molecule has 1 aromatic rings. The topological polar surface area (TPSA) is 46.3 Å². The second kappa shape index (κ2) is 7.33. The van der Waals surface area contributed by atoms with Gasteiger partial charge in [-0.2, -0.15) is 0 Å². The van der Waals surface area contributed by atoms with Crippen molar-refractivity contribution in [2.24, 2.45) is 0 Å². The SMILES string of the molecule is C=CCCCN(C)C(=O)/C=C/c1ccc(N)cc1. The minimum Gasteiger partial charge on any atom is -0.399 e. The predicted octanol–water partition coefficient (Wildman–Crippen LogP) is 2.71. The van der Waals surface area contributed by atoms with Crippen LogP contribution < -0.4 is 5.73 Å². The van der Waals surface area contributed by atoms with Gasteiger partial charge in [-0.1, -0.05) is 18.2 Å². The van der Waals surface area contributed by atoms with E-state index in [0.717, 1.165) is 30.6 Å². The highest BCUT2D eigenvalue weighted by atomic mass is 16.2. The molecule has 0 saturated carbocycles. The van der Waals surface area contributed by atoms with Crippen molar-refractivity contribution >= 4 is 17.7 Å². The molecule has 0 aromatic heterocycles. The van der Waals surface area contributed by atoms with Gasteiger partial charge in [-0.05, 0) is 36.6 Å². The number of unbranched alkanes of at least 4 members (excludes halogenated alkanes) is 1. The molecule has 0 unspecified atom stereocenters. The number of anilines is 1. The molecule has 96 valence electrons. The third-order valence-electron chi connectivity index (χ3n) is 2.63. The summed E-state index contributed by atoms with van der Waals surface area (Å²) in [5.41, 5.74) is 7.28. The third-order valence-corrected chi connectivity index (χ3v) is 2.63. The van der Waals surface area contributed by atoms with Crippen LogP contribution in [0.25, 0.3) is 6.08 Å².